The molecule has 0 aliphatic heterocycles. The van der Waals surface area contributed by atoms with Gasteiger partial charge in [0.15, 0.2) is 0 Å². The quantitative estimate of drug-likeness (QED) is 0.856. The van der Waals surface area contributed by atoms with Crippen LogP contribution in [-0.2, 0) is 0 Å². The molecule has 0 spiro atoms. The summed E-state index contributed by atoms with van der Waals surface area (Å²) in [5.74, 6) is -1.01. The van der Waals surface area contributed by atoms with E-state index in [9.17, 15) is 9.90 Å². The predicted octanol–water partition coefficient (Wildman–Crippen LogP) is 3.41. The van der Waals surface area contributed by atoms with Gasteiger partial charge in [-0.3, -0.25) is 0 Å². The molecule has 0 aromatic heterocycles. The number of carbonyl (C=O) groups is 1. The number of phenols is 1. The number of aromatic hydroxyl groups is 1. The van der Waals surface area contributed by atoms with Crippen molar-refractivity contribution in [2.45, 2.75) is 0 Å². The molecular weight excluding hydrogens is 240 g/mol. The fourth-order valence-electron chi connectivity index (χ4n) is 1.66. The van der Waals surface area contributed by atoms with Gasteiger partial charge in [0, 0.05) is 0 Å². The van der Waals surface area contributed by atoms with Gasteiger partial charge >= 0.3 is 5.97 Å². The Labute approximate surface area is 103 Å². The predicted molar refractivity (Wildman–Crippen MR) is 65.5 cm³/mol. The van der Waals surface area contributed by atoms with Crippen molar-refractivity contribution in [1.82, 2.24) is 0 Å². The van der Waals surface area contributed by atoms with Crippen LogP contribution in [0.25, 0.3) is 11.1 Å². The molecule has 0 saturated heterocycles. The van der Waals surface area contributed by atoms with Gasteiger partial charge in [-0.1, -0.05) is 35.9 Å². The van der Waals surface area contributed by atoms with E-state index in [4.69, 9.17) is 16.7 Å². The summed E-state index contributed by atoms with van der Waals surface area (Å²) in [6.07, 6.45) is 0. The van der Waals surface area contributed by atoms with Gasteiger partial charge in [-0.15, -0.1) is 0 Å². The van der Waals surface area contributed by atoms with E-state index in [1.165, 1.54) is 18.2 Å². The summed E-state index contributed by atoms with van der Waals surface area (Å²) in [6, 6.07) is 11.2. The number of rotatable bonds is 2. The van der Waals surface area contributed by atoms with Crippen molar-refractivity contribution in [1.29, 1.82) is 0 Å². The number of benzene rings is 2. The van der Waals surface area contributed by atoms with Gasteiger partial charge in [0.05, 0.1) is 10.6 Å². The number of hydrogen-bond donors (Lipinski definition) is 2. The second-order valence-electron chi connectivity index (χ2n) is 3.52. The van der Waals surface area contributed by atoms with Crippen LogP contribution in [0.5, 0.6) is 5.75 Å². The fourth-order valence-corrected chi connectivity index (χ4v) is 1.91. The Kier molecular flexibility index (Phi) is 3.02. The number of phenolic OH excluding ortho intramolecular Hbond substituents is 1. The zero-order chi connectivity index (χ0) is 12.4. The summed E-state index contributed by atoms with van der Waals surface area (Å²) in [4.78, 5) is 11.2. The Morgan fingerprint density at radius 3 is 2.47 bits per heavy atom. The molecule has 0 aliphatic carbocycles. The van der Waals surface area contributed by atoms with Gasteiger partial charge < -0.3 is 10.2 Å². The Morgan fingerprint density at radius 2 is 1.82 bits per heavy atom. The molecule has 0 bridgehead atoms. The minimum absolute atomic E-state index is 0.0415. The smallest absolute Gasteiger partial charge is 0.337 e. The van der Waals surface area contributed by atoms with Crippen molar-refractivity contribution in [3.63, 3.8) is 0 Å². The maximum absolute atomic E-state index is 11.2. The lowest BCUT2D eigenvalue weighted by atomic mass is 9.99. The van der Waals surface area contributed by atoms with Gasteiger partial charge in [-0.05, 0) is 29.3 Å². The van der Waals surface area contributed by atoms with E-state index < -0.39 is 5.97 Å². The maximum Gasteiger partial charge on any atom is 0.337 e. The number of hydrogen-bond acceptors (Lipinski definition) is 2. The highest BCUT2D eigenvalue weighted by molar-refractivity contribution is 6.34. The second-order valence-corrected chi connectivity index (χ2v) is 3.93. The van der Waals surface area contributed by atoms with Gasteiger partial charge in [0.2, 0.25) is 0 Å². The molecule has 0 aliphatic rings. The molecule has 2 rings (SSSR count). The highest BCUT2D eigenvalue weighted by atomic mass is 35.5. The normalized spacial score (nSPS) is 10.2. The average molecular weight is 249 g/mol. The van der Waals surface area contributed by atoms with Crippen LogP contribution >= 0.6 is 11.6 Å². The van der Waals surface area contributed by atoms with Crippen molar-refractivity contribution in [3.8, 4) is 16.9 Å². The summed E-state index contributed by atoms with van der Waals surface area (Å²) in [5, 5.41) is 18.7. The highest BCUT2D eigenvalue weighted by Crippen LogP contribution is 2.30. The maximum atomic E-state index is 11.2. The van der Waals surface area contributed by atoms with Crippen molar-refractivity contribution >= 4 is 17.6 Å². The van der Waals surface area contributed by atoms with E-state index >= 15 is 0 Å². The van der Waals surface area contributed by atoms with Crippen molar-refractivity contribution in [2.75, 3.05) is 0 Å². The van der Waals surface area contributed by atoms with E-state index in [0.29, 0.717) is 11.1 Å². The third-order valence-corrected chi connectivity index (χ3v) is 2.70. The molecule has 3 nitrogen and oxygen atoms in total. The SMILES string of the molecule is O=C(O)c1c(Cl)cccc1-c1cccc(O)c1. The van der Waals surface area contributed by atoms with Crippen molar-refractivity contribution < 1.29 is 15.0 Å². The van der Waals surface area contributed by atoms with Crippen LogP contribution in [0, 0.1) is 0 Å². The summed E-state index contributed by atoms with van der Waals surface area (Å²) < 4.78 is 0. The number of carboxylic acids is 1. The molecule has 0 saturated carbocycles. The Morgan fingerprint density at radius 1 is 1.12 bits per heavy atom. The van der Waals surface area contributed by atoms with E-state index in [1.807, 2.05) is 0 Å². The van der Waals surface area contributed by atoms with E-state index in [1.54, 1.807) is 24.3 Å². The largest absolute Gasteiger partial charge is 0.508 e. The number of aromatic carboxylic acids is 1. The molecule has 2 aromatic rings. The summed E-state index contributed by atoms with van der Waals surface area (Å²) in [6.45, 7) is 0. The van der Waals surface area contributed by atoms with E-state index in [0.717, 1.165) is 0 Å². The molecule has 2 aromatic carbocycles. The van der Waals surface area contributed by atoms with Crippen LogP contribution in [0.15, 0.2) is 42.5 Å². The zero-order valence-electron chi connectivity index (χ0n) is 8.72. The monoisotopic (exact) mass is 248 g/mol. The molecule has 0 radical (unpaired) electrons. The fraction of sp³-hybridized carbons (Fsp3) is 0. The first-order chi connectivity index (χ1) is 8.09. The van der Waals surface area contributed by atoms with Gasteiger partial charge in [-0.2, -0.15) is 0 Å². The topological polar surface area (TPSA) is 57.5 Å². The zero-order valence-corrected chi connectivity index (χ0v) is 9.48. The van der Waals surface area contributed by atoms with Crippen LogP contribution < -0.4 is 0 Å². The third kappa shape index (κ3) is 2.24. The lowest BCUT2D eigenvalue weighted by Gasteiger charge is -2.08. The van der Waals surface area contributed by atoms with E-state index in [-0.39, 0.29) is 16.3 Å². The molecule has 0 amide bonds. The minimum atomic E-state index is -1.09. The Hall–Kier alpha value is -2.00. The molecule has 4 heteroatoms. The van der Waals surface area contributed by atoms with Gasteiger partial charge in [-0.25, -0.2) is 4.79 Å². The van der Waals surface area contributed by atoms with Crippen molar-refractivity contribution in [2.24, 2.45) is 0 Å². The number of carboxylic acid groups (broad SMARTS) is 1. The molecule has 0 atom stereocenters. The van der Waals surface area contributed by atoms with Crippen LogP contribution in [0.1, 0.15) is 10.4 Å². The van der Waals surface area contributed by atoms with Crippen LogP contribution in [-0.4, -0.2) is 16.2 Å². The third-order valence-electron chi connectivity index (χ3n) is 2.38. The minimum Gasteiger partial charge on any atom is -0.508 e. The first-order valence-electron chi connectivity index (χ1n) is 4.91. The molecule has 86 valence electrons. The van der Waals surface area contributed by atoms with E-state index in [2.05, 4.69) is 0 Å². The second kappa shape index (κ2) is 4.47. The molecule has 2 N–H and O–H groups in total. The molecule has 17 heavy (non-hydrogen) atoms. The average Bonchev–Trinajstić information content (AvgIpc) is 2.28. The highest BCUT2D eigenvalue weighted by Gasteiger charge is 2.15. The van der Waals surface area contributed by atoms with Crippen molar-refractivity contribution in [3.05, 3.63) is 53.1 Å². The number of halogens is 1. The standard InChI is InChI=1S/C13H9ClO3/c14-11-6-2-5-10(12(11)13(16)17)8-3-1-4-9(15)7-8/h1-7,15H,(H,16,17). The van der Waals surface area contributed by atoms with Crippen LogP contribution in [0.3, 0.4) is 0 Å². The van der Waals surface area contributed by atoms with Crippen LogP contribution in [0.4, 0.5) is 0 Å². The summed E-state index contributed by atoms with van der Waals surface area (Å²) in [7, 11) is 0. The molecule has 0 heterocycles. The van der Waals surface area contributed by atoms with Gasteiger partial charge in [0.1, 0.15) is 5.75 Å². The summed E-state index contributed by atoms with van der Waals surface area (Å²) >= 11 is 5.87. The Bertz CT molecular complexity index is 579. The molecular formula is C13H9ClO3. The molecule has 0 unspecified atom stereocenters. The first-order valence-corrected chi connectivity index (χ1v) is 5.28. The Balaban J connectivity index is 2.67. The van der Waals surface area contributed by atoms with Gasteiger partial charge in [0.25, 0.3) is 0 Å². The lowest BCUT2D eigenvalue weighted by molar-refractivity contribution is 0.0698. The lowest BCUT2D eigenvalue weighted by Crippen LogP contribution is -2.00. The van der Waals surface area contributed by atoms with Crippen LogP contribution in [0.2, 0.25) is 5.02 Å². The first kappa shape index (κ1) is 11.5. The molecule has 0 fully saturated rings. The summed E-state index contributed by atoms with van der Waals surface area (Å²) in [5.41, 5.74) is 1.14.